The van der Waals surface area contributed by atoms with Gasteiger partial charge >= 0.3 is 5.97 Å². The first-order valence-corrected chi connectivity index (χ1v) is 8.41. The Hall–Kier alpha value is -3.54. The SMILES string of the molecule is Cc1nc(C)c(-c2ccc(-c3ccc(CC(=O)O)cc3)cc2)nc1C(N)=O. The second-order valence-corrected chi connectivity index (χ2v) is 6.30. The molecule has 1 heterocycles. The molecule has 0 aliphatic heterocycles. The molecule has 3 aromatic rings. The number of aromatic nitrogens is 2. The van der Waals surface area contributed by atoms with Gasteiger partial charge in [-0.25, -0.2) is 4.98 Å². The van der Waals surface area contributed by atoms with Gasteiger partial charge in [0.2, 0.25) is 0 Å². The number of hydrogen-bond acceptors (Lipinski definition) is 4. The molecule has 6 nitrogen and oxygen atoms in total. The predicted octanol–water partition coefficient (Wildman–Crippen LogP) is 3.15. The molecule has 1 amide bonds. The van der Waals surface area contributed by atoms with Crippen molar-refractivity contribution in [3.8, 4) is 22.4 Å². The van der Waals surface area contributed by atoms with Gasteiger partial charge in [0.1, 0.15) is 5.69 Å². The molecule has 0 bridgehead atoms. The van der Waals surface area contributed by atoms with Crippen LogP contribution in [0.15, 0.2) is 48.5 Å². The van der Waals surface area contributed by atoms with Gasteiger partial charge in [0, 0.05) is 5.56 Å². The van der Waals surface area contributed by atoms with Crippen molar-refractivity contribution in [2.75, 3.05) is 0 Å². The zero-order valence-electron chi connectivity index (χ0n) is 15.1. The maximum atomic E-state index is 11.5. The van der Waals surface area contributed by atoms with Crippen molar-refractivity contribution in [2.24, 2.45) is 5.73 Å². The summed E-state index contributed by atoms with van der Waals surface area (Å²) < 4.78 is 0. The van der Waals surface area contributed by atoms with Crippen molar-refractivity contribution in [1.29, 1.82) is 0 Å². The number of carboxylic acid groups (broad SMARTS) is 1. The van der Waals surface area contributed by atoms with Crippen molar-refractivity contribution < 1.29 is 14.7 Å². The Labute approximate surface area is 156 Å². The molecule has 1 aromatic heterocycles. The van der Waals surface area contributed by atoms with E-state index in [4.69, 9.17) is 10.8 Å². The highest BCUT2D eigenvalue weighted by Crippen LogP contribution is 2.26. The normalized spacial score (nSPS) is 10.6. The number of aliphatic carboxylic acids is 1. The van der Waals surface area contributed by atoms with Gasteiger partial charge < -0.3 is 10.8 Å². The lowest BCUT2D eigenvalue weighted by Gasteiger charge is -2.10. The summed E-state index contributed by atoms with van der Waals surface area (Å²) in [6, 6.07) is 15.1. The fourth-order valence-electron chi connectivity index (χ4n) is 2.95. The van der Waals surface area contributed by atoms with Crippen LogP contribution in [0.4, 0.5) is 0 Å². The maximum Gasteiger partial charge on any atom is 0.307 e. The van der Waals surface area contributed by atoms with E-state index in [1.807, 2.05) is 55.5 Å². The molecule has 0 unspecified atom stereocenters. The third kappa shape index (κ3) is 4.00. The van der Waals surface area contributed by atoms with Crippen LogP contribution in [0.2, 0.25) is 0 Å². The Morgan fingerprint density at radius 2 is 1.37 bits per heavy atom. The quantitative estimate of drug-likeness (QED) is 0.726. The Morgan fingerprint density at radius 3 is 1.89 bits per heavy atom. The number of rotatable bonds is 5. The van der Waals surface area contributed by atoms with Crippen molar-refractivity contribution in [3.05, 3.63) is 71.2 Å². The molecule has 0 saturated carbocycles. The largest absolute Gasteiger partial charge is 0.481 e. The number of nitrogens with two attached hydrogens (primary N) is 1. The van der Waals surface area contributed by atoms with E-state index in [2.05, 4.69) is 9.97 Å². The van der Waals surface area contributed by atoms with Crippen LogP contribution >= 0.6 is 0 Å². The number of hydrogen-bond donors (Lipinski definition) is 2. The Kier molecular flexibility index (Phi) is 4.98. The summed E-state index contributed by atoms with van der Waals surface area (Å²) in [5.74, 6) is -1.45. The van der Waals surface area contributed by atoms with Crippen molar-refractivity contribution in [3.63, 3.8) is 0 Å². The summed E-state index contributed by atoms with van der Waals surface area (Å²) >= 11 is 0. The maximum absolute atomic E-state index is 11.5. The smallest absolute Gasteiger partial charge is 0.307 e. The molecule has 2 aromatic carbocycles. The Balaban J connectivity index is 1.91. The van der Waals surface area contributed by atoms with Crippen LogP contribution in [-0.2, 0) is 11.2 Å². The summed E-state index contributed by atoms with van der Waals surface area (Å²) in [4.78, 5) is 31.1. The predicted molar refractivity (Wildman–Crippen MR) is 102 cm³/mol. The molecule has 6 heteroatoms. The third-order valence-corrected chi connectivity index (χ3v) is 4.28. The second kappa shape index (κ2) is 7.37. The van der Waals surface area contributed by atoms with Gasteiger partial charge in [0.15, 0.2) is 0 Å². The van der Waals surface area contributed by atoms with Crippen LogP contribution in [0, 0.1) is 13.8 Å². The van der Waals surface area contributed by atoms with Crippen molar-refractivity contribution in [1.82, 2.24) is 9.97 Å². The lowest BCUT2D eigenvalue weighted by Crippen LogP contribution is -2.17. The Bertz CT molecular complexity index is 1010. The number of aryl methyl sites for hydroxylation is 2. The minimum atomic E-state index is -0.850. The number of nitrogens with zero attached hydrogens (tertiary/aromatic N) is 2. The molecular formula is C21H19N3O3. The van der Waals surface area contributed by atoms with Crippen LogP contribution in [0.1, 0.15) is 27.4 Å². The molecular weight excluding hydrogens is 342 g/mol. The van der Waals surface area contributed by atoms with Crippen LogP contribution in [0.5, 0.6) is 0 Å². The summed E-state index contributed by atoms with van der Waals surface area (Å²) in [5.41, 5.74) is 11.0. The second-order valence-electron chi connectivity index (χ2n) is 6.30. The summed E-state index contributed by atoms with van der Waals surface area (Å²) in [5, 5.41) is 8.85. The molecule has 0 atom stereocenters. The minimum Gasteiger partial charge on any atom is -0.481 e. The molecule has 0 aliphatic carbocycles. The number of carboxylic acids is 1. The molecule has 3 N–H and O–H groups in total. The molecule has 0 fully saturated rings. The summed E-state index contributed by atoms with van der Waals surface area (Å²) in [6.45, 7) is 3.55. The highest BCUT2D eigenvalue weighted by molar-refractivity contribution is 5.92. The zero-order valence-corrected chi connectivity index (χ0v) is 15.1. The Morgan fingerprint density at radius 1 is 0.852 bits per heavy atom. The standard InChI is InChI=1S/C21H19N3O3/c1-12-19(24-20(21(22)27)13(2)23-12)17-9-7-16(8-10-17)15-5-3-14(4-6-15)11-18(25)26/h3-10H,11H2,1-2H3,(H2,22,27)(H,25,26). The van der Waals surface area contributed by atoms with E-state index in [1.54, 1.807) is 6.92 Å². The van der Waals surface area contributed by atoms with E-state index in [-0.39, 0.29) is 12.1 Å². The van der Waals surface area contributed by atoms with Gasteiger partial charge in [-0.3, -0.25) is 14.6 Å². The van der Waals surface area contributed by atoms with E-state index in [9.17, 15) is 9.59 Å². The number of benzene rings is 2. The monoisotopic (exact) mass is 361 g/mol. The van der Waals surface area contributed by atoms with Crippen molar-refractivity contribution in [2.45, 2.75) is 20.3 Å². The van der Waals surface area contributed by atoms with E-state index < -0.39 is 11.9 Å². The molecule has 0 radical (unpaired) electrons. The van der Waals surface area contributed by atoms with Crippen molar-refractivity contribution >= 4 is 11.9 Å². The van der Waals surface area contributed by atoms with Crippen LogP contribution in [0.3, 0.4) is 0 Å². The first kappa shape index (κ1) is 18.3. The fourth-order valence-corrected chi connectivity index (χ4v) is 2.95. The third-order valence-electron chi connectivity index (χ3n) is 4.28. The van der Waals surface area contributed by atoms with Crippen LogP contribution in [-0.4, -0.2) is 27.0 Å². The highest BCUT2D eigenvalue weighted by Gasteiger charge is 2.14. The highest BCUT2D eigenvalue weighted by atomic mass is 16.4. The number of carbonyl (C=O) groups excluding carboxylic acids is 1. The van der Waals surface area contributed by atoms with E-state index in [0.29, 0.717) is 11.4 Å². The zero-order chi connectivity index (χ0) is 19.6. The summed E-state index contributed by atoms with van der Waals surface area (Å²) in [7, 11) is 0. The minimum absolute atomic E-state index is 0.00673. The molecule has 3 rings (SSSR count). The van der Waals surface area contributed by atoms with Gasteiger partial charge in [-0.15, -0.1) is 0 Å². The van der Waals surface area contributed by atoms with E-state index >= 15 is 0 Å². The fraction of sp³-hybridized carbons (Fsp3) is 0.143. The first-order valence-electron chi connectivity index (χ1n) is 8.41. The molecule has 136 valence electrons. The first-order chi connectivity index (χ1) is 12.8. The number of amides is 1. The van der Waals surface area contributed by atoms with Crippen LogP contribution < -0.4 is 5.73 Å². The number of carbonyl (C=O) groups is 2. The number of primary amides is 1. The van der Waals surface area contributed by atoms with Gasteiger partial charge in [-0.05, 0) is 30.5 Å². The van der Waals surface area contributed by atoms with Gasteiger partial charge in [0.05, 0.1) is 23.5 Å². The molecule has 0 spiro atoms. The van der Waals surface area contributed by atoms with E-state index in [1.165, 1.54) is 0 Å². The lowest BCUT2D eigenvalue weighted by atomic mass is 10.0. The van der Waals surface area contributed by atoms with Gasteiger partial charge in [0.25, 0.3) is 5.91 Å². The van der Waals surface area contributed by atoms with Crippen LogP contribution in [0.25, 0.3) is 22.4 Å². The lowest BCUT2D eigenvalue weighted by molar-refractivity contribution is -0.136. The summed E-state index contributed by atoms with van der Waals surface area (Å²) in [6.07, 6.45) is 0.00673. The average molecular weight is 361 g/mol. The van der Waals surface area contributed by atoms with Gasteiger partial charge in [-0.2, -0.15) is 0 Å². The molecule has 0 aliphatic rings. The molecule has 0 saturated heterocycles. The topological polar surface area (TPSA) is 106 Å². The van der Waals surface area contributed by atoms with E-state index in [0.717, 1.165) is 27.9 Å². The molecule has 27 heavy (non-hydrogen) atoms. The van der Waals surface area contributed by atoms with Gasteiger partial charge in [-0.1, -0.05) is 48.5 Å². The average Bonchev–Trinajstić information content (AvgIpc) is 2.62.